The van der Waals surface area contributed by atoms with Crippen molar-refractivity contribution in [3.63, 3.8) is 0 Å². The molecule has 98 valence electrons. The van der Waals surface area contributed by atoms with Gasteiger partial charge in [-0.25, -0.2) is 0 Å². The Balaban J connectivity index is 2.20. The zero-order valence-corrected chi connectivity index (χ0v) is 13.1. The molecule has 0 atom stereocenters. The molecule has 19 heavy (non-hydrogen) atoms. The molecule has 0 saturated carbocycles. The molecule has 0 fully saturated rings. The van der Waals surface area contributed by atoms with Gasteiger partial charge < -0.3 is 10.6 Å². The molecule has 1 heterocycles. The summed E-state index contributed by atoms with van der Waals surface area (Å²) in [4.78, 5) is 12.0. The van der Waals surface area contributed by atoms with Crippen LogP contribution in [0.1, 0.15) is 10.5 Å². The smallest absolute Gasteiger partial charge is 0.276 e. The zero-order valence-electron chi connectivity index (χ0n) is 9.95. The van der Waals surface area contributed by atoms with Crippen molar-refractivity contribution in [2.75, 3.05) is 17.7 Å². The van der Waals surface area contributed by atoms with Crippen LogP contribution in [0.25, 0.3) is 0 Å². The van der Waals surface area contributed by atoms with Crippen LogP contribution in [-0.2, 0) is 0 Å². The number of carbonyl (C=O) groups excluding carboxylic acids is 1. The Kier molecular flexibility index (Phi) is 4.49. The summed E-state index contributed by atoms with van der Waals surface area (Å²) in [6.45, 7) is 0. The van der Waals surface area contributed by atoms with Gasteiger partial charge in [-0.05, 0) is 56.1 Å². The van der Waals surface area contributed by atoms with Crippen LogP contribution in [0.15, 0.2) is 39.3 Å². The van der Waals surface area contributed by atoms with Gasteiger partial charge in [-0.1, -0.05) is 6.07 Å². The van der Waals surface area contributed by atoms with Crippen molar-refractivity contribution in [1.29, 1.82) is 0 Å². The van der Waals surface area contributed by atoms with E-state index in [0.717, 1.165) is 8.95 Å². The largest absolute Gasteiger partial charge is 0.372 e. The molecule has 1 aromatic heterocycles. The molecule has 0 bridgehead atoms. The third-order valence-corrected chi connectivity index (χ3v) is 3.68. The van der Waals surface area contributed by atoms with Crippen molar-refractivity contribution in [3.8, 4) is 0 Å². The van der Waals surface area contributed by atoms with Crippen molar-refractivity contribution in [1.82, 2.24) is 10.2 Å². The highest BCUT2D eigenvalue weighted by Crippen LogP contribution is 2.30. The fraction of sp³-hybridized carbons (Fsp3) is 0.0833. The molecule has 2 rings (SSSR count). The van der Waals surface area contributed by atoms with Crippen LogP contribution in [0.3, 0.4) is 0 Å². The molecule has 0 aliphatic heterocycles. The first kappa shape index (κ1) is 14.0. The van der Waals surface area contributed by atoms with Crippen molar-refractivity contribution in [2.45, 2.75) is 0 Å². The summed E-state index contributed by atoms with van der Waals surface area (Å²) in [6, 6.07) is 8.85. The lowest BCUT2D eigenvalue weighted by Gasteiger charge is -2.08. The number of halogens is 2. The number of rotatable bonds is 3. The van der Waals surface area contributed by atoms with Crippen LogP contribution >= 0.6 is 31.9 Å². The summed E-state index contributed by atoms with van der Waals surface area (Å²) in [5.74, 6) is 0.293. The maximum atomic E-state index is 12.0. The second kappa shape index (κ2) is 6.12. The van der Waals surface area contributed by atoms with Crippen molar-refractivity contribution >= 4 is 49.3 Å². The number of anilines is 2. The Hall–Kier alpha value is -1.47. The lowest BCUT2D eigenvalue weighted by Crippen LogP contribution is -2.15. The Bertz CT molecular complexity index is 581. The number of amides is 1. The molecule has 2 aromatic rings. The summed E-state index contributed by atoms with van der Waals surface area (Å²) in [5, 5.41) is 13.3. The Labute approximate surface area is 127 Å². The van der Waals surface area contributed by atoms with Gasteiger partial charge in [0.2, 0.25) is 0 Å². The van der Waals surface area contributed by atoms with Gasteiger partial charge >= 0.3 is 0 Å². The maximum Gasteiger partial charge on any atom is 0.276 e. The van der Waals surface area contributed by atoms with E-state index < -0.39 is 0 Å². The van der Waals surface area contributed by atoms with Gasteiger partial charge in [-0.3, -0.25) is 4.79 Å². The molecule has 0 spiro atoms. The van der Waals surface area contributed by atoms with Gasteiger partial charge in [0.1, 0.15) is 5.82 Å². The Morgan fingerprint density at radius 3 is 2.32 bits per heavy atom. The zero-order chi connectivity index (χ0) is 13.8. The summed E-state index contributed by atoms with van der Waals surface area (Å²) >= 11 is 6.76. The van der Waals surface area contributed by atoms with E-state index in [0.29, 0.717) is 11.5 Å². The monoisotopic (exact) mass is 384 g/mol. The lowest BCUT2D eigenvalue weighted by molar-refractivity contribution is 0.102. The van der Waals surface area contributed by atoms with Gasteiger partial charge in [-0.2, -0.15) is 0 Å². The fourth-order valence-electron chi connectivity index (χ4n) is 1.38. The van der Waals surface area contributed by atoms with E-state index in [-0.39, 0.29) is 11.6 Å². The highest BCUT2D eigenvalue weighted by Gasteiger charge is 2.12. The molecule has 1 aromatic carbocycles. The van der Waals surface area contributed by atoms with Gasteiger partial charge in [0.15, 0.2) is 5.69 Å². The predicted octanol–water partition coefficient (Wildman–Crippen LogP) is 3.30. The number of nitrogens with zero attached hydrogens (tertiary/aromatic N) is 2. The van der Waals surface area contributed by atoms with E-state index in [4.69, 9.17) is 0 Å². The number of carbonyl (C=O) groups is 1. The Morgan fingerprint density at radius 2 is 1.79 bits per heavy atom. The van der Waals surface area contributed by atoms with E-state index in [9.17, 15) is 4.79 Å². The highest BCUT2D eigenvalue weighted by molar-refractivity contribution is 9.11. The second-order valence-corrected chi connectivity index (χ2v) is 5.31. The van der Waals surface area contributed by atoms with E-state index in [1.807, 2.05) is 18.2 Å². The Morgan fingerprint density at radius 1 is 1.11 bits per heavy atom. The first-order valence-corrected chi connectivity index (χ1v) is 6.97. The number of nitrogens with one attached hydrogen (secondary N) is 2. The van der Waals surface area contributed by atoms with Gasteiger partial charge in [0.25, 0.3) is 5.91 Å². The second-order valence-electron chi connectivity index (χ2n) is 3.60. The molecular formula is C12H10Br2N4O. The van der Waals surface area contributed by atoms with E-state index in [1.165, 1.54) is 0 Å². The average Bonchev–Trinajstić information content (AvgIpc) is 2.43. The van der Waals surface area contributed by atoms with Gasteiger partial charge in [0, 0.05) is 16.0 Å². The normalized spacial score (nSPS) is 10.1. The minimum Gasteiger partial charge on any atom is -0.372 e. The molecule has 2 N–H and O–H groups in total. The number of benzene rings is 1. The first-order chi connectivity index (χ1) is 9.11. The molecular weight excluding hydrogens is 376 g/mol. The molecule has 0 aliphatic rings. The summed E-state index contributed by atoms with van der Waals surface area (Å²) < 4.78 is 1.57. The van der Waals surface area contributed by atoms with Crippen LogP contribution < -0.4 is 10.6 Å². The summed E-state index contributed by atoms with van der Waals surface area (Å²) in [6.07, 6.45) is 0. The van der Waals surface area contributed by atoms with Gasteiger partial charge in [-0.15, -0.1) is 10.2 Å². The topological polar surface area (TPSA) is 66.9 Å². The molecule has 0 unspecified atom stereocenters. The van der Waals surface area contributed by atoms with Crippen molar-refractivity contribution in [2.24, 2.45) is 0 Å². The van der Waals surface area contributed by atoms with Crippen LogP contribution in [0, 0.1) is 0 Å². The van der Waals surface area contributed by atoms with Gasteiger partial charge in [0.05, 0.1) is 5.69 Å². The van der Waals surface area contributed by atoms with Crippen LogP contribution in [0.2, 0.25) is 0 Å². The third kappa shape index (κ3) is 3.30. The van der Waals surface area contributed by atoms with E-state index in [1.54, 1.807) is 19.2 Å². The lowest BCUT2D eigenvalue weighted by atomic mass is 10.3. The quantitative estimate of drug-likeness (QED) is 0.850. The van der Waals surface area contributed by atoms with Crippen LogP contribution in [-0.4, -0.2) is 23.2 Å². The standard InChI is InChI=1S/C12H10Br2N4O/c1-15-10-6-5-9(17-18-10)12(19)16-11-7(13)3-2-4-8(11)14/h2-6H,1H3,(H,15,18)(H,16,19). The molecule has 7 heteroatoms. The third-order valence-electron chi connectivity index (χ3n) is 2.35. The average molecular weight is 386 g/mol. The molecule has 0 radical (unpaired) electrons. The maximum absolute atomic E-state index is 12.0. The number of para-hydroxylation sites is 1. The summed E-state index contributed by atoms with van der Waals surface area (Å²) in [5.41, 5.74) is 0.911. The number of hydrogen-bond donors (Lipinski definition) is 2. The number of hydrogen-bond acceptors (Lipinski definition) is 4. The molecule has 0 aliphatic carbocycles. The minimum absolute atomic E-state index is 0.252. The van der Waals surface area contributed by atoms with E-state index >= 15 is 0 Å². The molecule has 5 nitrogen and oxygen atoms in total. The van der Waals surface area contributed by atoms with Crippen molar-refractivity contribution in [3.05, 3.63) is 45.0 Å². The van der Waals surface area contributed by atoms with Crippen LogP contribution in [0.4, 0.5) is 11.5 Å². The number of aromatic nitrogens is 2. The van der Waals surface area contributed by atoms with E-state index in [2.05, 4.69) is 52.7 Å². The SMILES string of the molecule is CNc1ccc(C(=O)Nc2c(Br)cccc2Br)nn1. The first-order valence-electron chi connectivity index (χ1n) is 5.38. The molecule has 1 amide bonds. The van der Waals surface area contributed by atoms with Crippen molar-refractivity contribution < 1.29 is 4.79 Å². The van der Waals surface area contributed by atoms with Crippen LogP contribution in [0.5, 0.6) is 0 Å². The molecule has 0 saturated heterocycles. The fourth-order valence-corrected chi connectivity index (χ4v) is 2.58. The predicted molar refractivity (Wildman–Crippen MR) is 81.4 cm³/mol. The summed E-state index contributed by atoms with van der Waals surface area (Å²) in [7, 11) is 1.74. The highest BCUT2D eigenvalue weighted by atomic mass is 79.9. The minimum atomic E-state index is -0.317.